The number of nitro groups is 1. The highest BCUT2D eigenvalue weighted by Gasteiger charge is 2.34. The number of carboxylic acid groups (broad SMARTS) is 1. The van der Waals surface area contributed by atoms with Gasteiger partial charge >= 0.3 is 5.97 Å². The smallest absolute Gasteiger partial charge is 0.326 e. The Kier molecular flexibility index (Phi) is 6.06. The Balaban J connectivity index is 2.12. The topological polar surface area (TPSA) is 154 Å². The molecule has 0 aliphatic heterocycles. The molecule has 2 N–H and O–H groups in total. The summed E-state index contributed by atoms with van der Waals surface area (Å²) in [4.78, 5) is 26.6. The second-order valence-corrected chi connectivity index (χ2v) is 8.78. The van der Waals surface area contributed by atoms with Crippen LogP contribution >= 0.6 is 0 Å². The first-order chi connectivity index (χ1) is 14.6. The van der Waals surface area contributed by atoms with Gasteiger partial charge in [-0.05, 0) is 25.1 Å². The molecule has 11 nitrogen and oxygen atoms in total. The maximum atomic E-state index is 13.0. The summed E-state index contributed by atoms with van der Waals surface area (Å²) in [7, 11) is -2.65. The highest BCUT2D eigenvalue weighted by atomic mass is 32.2. The molecule has 3 rings (SSSR count). The minimum absolute atomic E-state index is 0.00461. The minimum Gasteiger partial charge on any atom is -0.480 e. The summed E-state index contributed by atoms with van der Waals surface area (Å²) in [5, 5.41) is 24.0. The summed E-state index contributed by atoms with van der Waals surface area (Å²) in [6.07, 6.45) is 2.23. The molecule has 0 unspecified atom stereocenters. The van der Waals surface area contributed by atoms with E-state index < -0.39 is 26.5 Å². The number of carbonyl (C=O) groups is 1. The van der Waals surface area contributed by atoms with Crippen LogP contribution in [0.3, 0.4) is 0 Å². The van der Waals surface area contributed by atoms with Gasteiger partial charge in [0.1, 0.15) is 11.7 Å². The fourth-order valence-corrected chi connectivity index (χ4v) is 4.43. The molecule has 0 spiro atoms. The molecule has 0 saturated heterocycles. The molecule has 0 radical (unpaired) electrons. The Labute approximate surface area is 177 Å². The number of hydrogen-bond donors (Lipinski definition) is 2. The fraction of sp³-hybridized carbons (Fsp3) is 0.263. The van der Waals surface area contributed by atoms with Gasteiger partial charge in [0, 0.05) is 25.2 Å². The minimum atomic E-state index is -3.99. The largest absolute Gasteiger partial charge is 0.480 e. The third-order valence-corrected chi connectivity index (χ3v) is 6.51. The van der Waals surface area contributed by atoms with E-state index in [1.807, 2.05) is 0 Å². The van der Waals surface area contributed by atoms with Crippen LogP contribution in [0.25, 0.3) is 11.0 Å². The van der Waals surface area contributed by atoms with Crippen LogP contribution in [-0.4, -0.2) is 52.6 Å². The van der Waals surface area contributed by atoms with Crippen LogP contribution in [0.2, 0.25) is 0 Å². The fourth-order valence-electron chi connectivity index (χ4n) is 3.11. The lowest BCUT2D eigenvalue weighted by Gasteiger charge is -2.25. The highest BCUT2D eigenvalue weighted by molar-refractivity contribution is 7.90. The van der Waals surface area contributed by atoms with Crippen molar-refractivity contribution < 1.29 is 28.0 Å². The van der Waals surface area contributed by atoms with Crippen LogP contribution in [0, 0.1) is 10.1 Å². The van der Waals surface area contributed by atoms with E-state index in [1.54, 1.807) is 18.2 Å². The van der Waals surface area contributed by atoms with Gasteiger partial charge in [-0.25, -0.2) is 17.4 Å². The molecule has 1 aromatic carbocycles. The number of fused-ring (bicyclic) bond motifs is 1. The van der Waals surface area contributed by atoms with Gasteiger partial charge in [-0.1, -0.05) is 18.2 Å². The first kappa shape index (κ1) is 22.3. The van der Waals surface area contributed by atoms with E-state index >= 15 is 0 Å². The lowest BCUT2D eigenvalue weighted by atomic mass is 10.0. The van der Waals surface area contributed by atoms with E-state index in [4.69, 9.17) is 4.74 Å². The van der Waals surface area contributed by atoms with E-state index in [-0.39, 0.29) is 40.3 Å². The van der Waals surface area contributed by atoms with E-state index in [2.05, 4.69) is 10.3 Å². The van der Waals surface area contributed by atoms with Crippen LogP contribution < -0.4 is 5.32 Å². The molecule has 31 heavy (non-hydrogen) atoms. The predicted octanol–water partition coefficient (Wildman–Crippen LogP) is 1.76. The predicted molar refractivity (Wildman–Crippen MR) is 110 cm³/mol. The second-order valence-electron chi connectivity index (χ2n) is 6.97. The van der Waals surface area contributed by atoms with Gasteiger partial charge in [0.05, 0.1) is 22.0 Å². The first-order valence-electron chi connectivity index (χ1n) is 9.03. The summed E-state index contributed by atoms with van der Waals surface area (Å²) in [5.74, 6) is -1.20. The number of nitrogens with one attached hydrogen (secondary N) is 1. The van der Waals surface area contributed by atoms with Gasteiger partial charge in [0.2, 0.25) is 0 Å². The van der Waals surface area contributed by atoms with Gasteiger partial charge in [0.15, 0.2) is 5.65 Å². The summed E-state index contributed by atoms with van der Waals surface area (Å²) in [5.41, 5.74) is -1.77. The molecule has 0 amide bonds. The summed E-state index contributed by atoms with van der Waals surface area (Å²) < 4.78 is 31.9. The van der Waals surface area contributed by atoms with Crippen LogP contribution in [-0.2, 0) is 26.1 Å². The lowest BCUT2D eigenvalue weighted by Crippen LogP contribution is -2.52. The van der Waals surface area contributed by atoms with Crippen molar-refractivity contribution in [3.63, 3.8) is 0 Å². The monoisotopic (exact) mass is 448 g/mol. The highest BCUT2D eigenvalue weighted by Crippen LogP contribution is 2.29. The quantitative estimate of drug-likeness (QED) is 0.368. The number of methoxy groups -OCH3 is 1. The van der Waals surface area contributed by atoms with Crippen molar-refractivity contribution in [3.8, 4) is 0 Å². The zero-order valence-corrected chi connectivity index (χ0v) is 17.5. The van der Waals surface area contributed by atoms with Gasteiger partial charge in [-0.15, -0.1) is 0 Å². The summed E-state index contributed by atoms with van der Waals surface area (Å²) in [6, 6.07) is 9.10. The van der Waals surface area contributed by atoms with Gasteiger partial charge in [-0.3, -0.25) is 20.2 Å². The third-order valence-electron chi connectivity index (χ3n) is 4.83. The van der Waals surface area contributed by atoms with Crippen molar-refractivity contribution in [1.29, 1.82) is 0 Å². The number of benzene rings is 1. The van der Waals surface area contributed by atoms with Gasteiger partial charge in [0.25, 0.3) is 15.7 Å². The molecule has 0 aliphatic carbocycles. The van der Waals surface area contributed by atoms with Gasteiger partial charge < -0.3 is 9.84 Å². The number of carboxylic acids is 1. The average Bonchev–Trinajstić information content (AvgIpc) is 3.17. The van der Waals surface area contributed by atoms with Crippen molar-refractivity contribution in [2.45, 2.75) is 23.9 Å². The number of aromatic nitrogens is 2. The molecule has 2 aromatic heterocycles. The van der Waals surface area contributed by atoms with Crippen LogP contribution in [0.5, 0.6) is 0 Å². The zero-order chi connectivity index (χ0) is 22.8. The van der Waals surface area contributed by atoms with Crippen molar-refractivity contribution >= 4 is 32.7 Å². The standard InChI is InChI=1S/C19H20N4O7S/c1-19(12-30-2,18(24)25)21-10-15-14-8-9-22(17(14)20-11-16(15)23(26)27)31(28,29)13-6-4-3-5-7-13/h3-9,11,21H,10,12H2,1-2H3,(H,24,25)/t19-/m0/s1. The zero-order valence-electron chi connectivity index (χ0n) is 16.7. The molecule has 0 aliphatic rings. The van der Waals surface area contributed by atoms with Crippen molar-refractivity contribution in [1.82, 2.24) is 14.3 Å². The van der Waals surface area contributed by atoms with Gasteiger partial charge in [-0.2, -0.15) is 0 Å². The normalized spacial score (nSPS) is 13.7. The molecule has 12 heteroatoms. The van der Waals surface area contributed by atoms with E-state index in [9.17, 15) is 28.4 Å². The Morgan fingerprint density at radius 2 is 2.00 bits per heavy atom. The molecule has 0 fully saturated rings. The van der Waals surface area contributed by atoms with Crippen molar-refractivity contribution in [2.24, 2.45) is 0 Å². The van der Waals surface area contributed by atoms with E-state index in [0.717, 1.165) is 10.2 Å². The molecule has 0 bridgehead atoms. The number of rotatable bonds is 9. The molecule has 0 saturated carbocycles. The van der Waals surface area contributed by atoms with Crippen molar-refractivity contribution in [3.05, 3.63) is 64.5 Å². The van der Waals surface area contributed by atoms with E-state index in [0.29, 0.717) is 0 Å². The Morgan fingerprint density at radius 3 is 2.58 bits per heavy atom. The maximum Gasteiger partial charge on any atom is 0.326 e. The number of ether oxygens (including phenoxy) is 1. The molecule has 164 valence electrons. The molecular weight excluding hydrogens is 428 g/mol. The third kappa shape index (κ3) is 4.13. The van der Waals surface area contributed by atoms with Crippen molar-refractivity contribution in [2.75, 3.05) is 13.7 Å². The molecule has 3 aromatic rings. The van der Waals surface area contributed by atoms with Crippen LogP contribution in [0.15, 0.2) is 53.7 Å². The number of pyridine rings is 1. The second kappa shape index (κ2) is 8.41. The Bertz CT molecular complexity index is 1240. The lowest BCUT2D eigenvalue weighted by molar-refractivity contribution is -0.385. The molecule has 2 heterocycles. The number of nitrogens with zero attached hydrogens (tertiary/aromatic N) is 3. The van der Waals surface area contributed by atoms with E-state index in [1.165, 1.54) is 38.4 Å². The first-order valence-corrected chi connectivity index (χ1v) is 10.5. The number of aliphatic carboxylic acids is 1. The number of hydrogen-bond acceptors (Lipinski definition) is 8. The summed E-state index contributed by atoms with van der Waals surface area (Å²) >= 11 is 0. The molecule has 1 atom stereocenters. The summed E-state index contributed by atoms with van der Waals surface area (Å²) in [6.45, 7) is 0.971. The molecular formula is C19H20N4O7S. The maximum absolute atomic E-state index is 13.0. The Morgan fingerprint density at radius 1 is 1.32 bits per heavy atom. The Hall–Kier alpha value is -3.35. The van der Waals surface area contributed by atoms with Crippen LogP contribution in [0.4, 0.5) is 5.69 Å². The average molecular weight is 448 g/mol. The van der Waals surface area contributed by atoms with Crippen LogP contribution in [0.1, 0.15) is 12.5 Å². The SMILES string of the molecule is COC[C@](C)(NCc1c([N+](=O)[O-])cnc2c1ccn2S(=O)(=O)c1ccccc1)C(=O)O.